The quantitative estimate of drug-likeness (QED) is 0.865. The zero-order valence-electron chi connectivity index (χ0n) is 15.1. The standard InChI is InChI=1S/C22H23NO4/c24-21(25)10-9-15-11-12-23(13-15)22(26)27-14-20-18-7-3-1-5-16(18)17-6-2-4-8-19(17)20/h1-8,15,20H,9-14H2,(H,24,25)/t15-/m1/s1. The summed E-state index contributed by atoms with van der Waals surface area (Å²) in [6.07, 6.45) is 1.32. The molecule has 1 saturated heterocycles. The van der Waals surface area contributed by atoms with Crippen molar-refractivity contribution in [3.8, 4) is 11.1 Å². The van der Waals surface area contributed by atoms with E-state index in [4.69, 9.17) is 9.84 Å². The zero-order valence-corrected chi connectivity index (χ0v) is 15.1. The number of hydrogen-bond acceptors (Lipinski definition) is 3. The van der Waals surface area contributed by atoms with Gasteiger partial charge in [-0.1, -0.05) is 48.5 Å². The van der Waals surface area contributed by atoms with E-state index in [0.717, 1.165) is 6.42 Å². The molecule has 1 aliphatic carbocycles. The van der Waals surface area contributed by atoms with Crippen LogP contribution < -0.4 is 0 Å². The molecule has 5 nitrogen and oxygen atoms in total. The Morgan fingerprint density at radius 1 is 1.04 bits per heavy atom. The van der Waals surface area contributed by atoms with E-state index in [-0.39, 0.29) is 24.3 Å². The first-order valence-corrected chi connectivity index (χ1v) is 9.45. The molecule has 140 valence electrons. The molecule has 0 spiro atoms. The van der Waals surface area contributed by atoms with Gasteiger partial charge < -0.3 is 14.7 Å². The summed E-state index contributed by atoms with van der Waals surface area (Å²) in [5, 5.41) is 8.81. The number of carboxylic acids is 1. The minimum Gasteiger partial charge on any atom is -0.481 e. The lowest BCUT2D eigenvalue weighted by molar-refractivity contribution is -0.137. The Balaban J connectivity index is 1.39. The molecular formula is C22H23NO4. The van der Waals surface area contributed by atoms with Crippen LogP contribution in [0.1, 0.15) is 36.3 Å². The van der Waals surface area contributed by atoms with Crippen LogP contribution in [0.5, 0.6) is 0 Å². The fourth-order valence-electron chi connectivity index (χ4n) is 4.25. The smallest absolute Gasteiger partial charge is 0.409 e. The molecule has 4 rings (SSSR count). The van der Waals surface area contributed by atoms with E-state index in [0.29, 0.717) is 26.1 Å². The lowest BCUT2D eigenvalue weighted by Gasteiger charge is -2.19. The number of rotatable bonds is 5. The predicted octanol–water partition coefficient (Wildman–Crippen LogP) is 4.12. The van der Waals surface area contributed by atoms with Crippen molar-refractivity contribution < 1.29 is 19.4 Å². The van der Waals surface area contributed by atoms with Gasteiger partial charge in [0, 0.05) is 25.4 Å². The van der Waals surface area contributed by atoms with Gasteiger partial charge in [0.05, 0.1) is 0 Å². The molecule has 1 amide bonds. The average Bonchev–Trinajstić information content (AvgIpc) is 3.28. The highest BCUT2D eigenvalue weighted by Crippen LogP contribution is 2.44. The van der Waals surface area contributed by atoms with Gasteiger partial charge in [0.25, 0.3) is 0 Å². The number of benzene rings is 2. The van der Waals surface area contributed by atoms with Crippen LogP contribution in [0.2, 0.25) is 0 Å². The summed E-state index contributed by atoms with van der Waals surface area (Å²) in [7, 11) is 0. The van der Waals surface area contributed by atoms with Gasteiger partial charge in [-0.05, 0) is 41.0 Å². The number of nitrogens with zero attached hydrogens (tertiary/aromatic N) is 1. The minimum absolute atomic E-state index is 0.0618. The normalized spacial score (nSPS) is 18.2. The molecule has 0 unspecified atom stereocenters. The number of hydrogen-bond donors (Lipinski definition) is 1. The van der Waals surface area contributed by atoms with E-state index in [9.17, 15) is 9.59 Å². The van der Waals surface area contributed by atoms with Crippen molar-refractivity contribution in [2.24, 2.45) is 5.92 Å². The maximum Gasteiger partial charge on any atom is 0.409 e. The Hall–Kier alpha value is -2.82. The van der Waals surface area contributed by atoms with Crippen molar-refractivity contribution in [2.75, 3.05) is 19.7 Å². The second-order valence-electron chi connectivity index (χ2n) is 7.34. The Kier molecular flexibility index (Phi) is 4.84. The van der Waals surface area contributed by atoms with Crippen LogP contribution in [0, 0.1) is 5.92 Å². The number of likely N-dealkylation sites (tertiary alicyclic amines) is 1. The maximum absolute atomic E-state index is 12.5. The third-order valence-corrected chi connectivity index (χ3v) is 5.65. The van der Waals surface area contributed by atoms with Gasteiger partial charge in [-0.15, -0.1) is 0 Å². The van der Waals surface area contributed by atoms with E-state index in [1.807, 2.05) is 24.3 Å². The third-order valence-electron chi connectivity index (χ3n) is 5.65. The molecule has 27 heavy (non-hydrogen) atoms. The molecule has 2 aromatic carbocycles. The van der Waals surface area contributed by atoms with Gasteiger partial charge in [-0.3, -0.25) is 4.79 Å². The number of carboxylic acid groups (broad SMARTS) is 1. The van der Waals surface area contributed by atoms with Gasteiger partial charge in [0.1, 0.15) is 6.61 Å². The van der Waals surface area contributed by atoms with Crippen LogP contribution in [0.3, 0.4) is 0 Å². The minimum atomic E-state index is -0.783. The molecule has 5 heteroatoms. The van der Waals surface area contributed by atoms with Crippen LogP contribution in [0.25, 0.3) is 11.1 Å². The van der Waals surface area contributed by atoms with Gasteiger partial charge >= 0.3 is 12.1 Å². The molecule has 0 aromatic heterocycles. The Bertz CT molecular complexity index is 817. The molecule has 1 aliphatic heterocycles. The Morgan fingerprint density at radius 2 is 1.67 bits per heavy atom. The fourth-order valence-corrected chi connectivity index (χ4v) is 4.25. The SMILES string of the molecule is O=C(O)CC[C@@H]1CCN(C(=O)OCC2c3ccccc3-c3ccccc32)C1. The number of fused-ring (bicyclic) bond motifs is 3. The number of amides is 1. The molecule has 2 aliphatic rings. The van der Waals surface area contributed by atoms with E-state index in [1.165, 1.54) is 22.3 Å². The summed E-state index contributed by atoms with van der Waals surface area (Å²) in [6.45, 7) is 1.55. The van der Waals surface area contributed by atoms with Gasteiger partial charge in [-0.25, -0.2) is 4.79 Å². The van der Waals surface area contributed by atoms with Crippen molar-refractivity contribution in [3.05, 3.63) is 59.7 Å². The van der Waals surface area contributed by atoms with E-state index in [1.54, 1.807) is 4.90 Å². The number of aliphatic carboxylic acids is 1. The van der Waals surface area contributed by atoms with E-state index < -0.39 is 5.97 Å². The van der Waals surface area contributed by atoms with Crippen LogP contribution in [0.15, 0.2) is 48.5 Å². The van der Waals surface area contributed by atoms with Crippen LogP contribution >= 0.6 is 0 Å². The molecule has 1 N–H and O–H groups in total. The predicted molar refractivity (Wildman–Crippen MR) is 102 cm³/mol. The summed E-state index contributed by atoms with van der Waals surface area (Å²) in [4.78, 5) is 24.9. The molecule has 1 heterocycles. The molecule has 0 radical (unpaired) electrons. The van der Waals surface area contributed by atoms with Crippen molar-refractivity contribution in [3.63, 3.8) is 0 Å². The molecule has 2 aromatic rings. The van der Waals surface area contributed by atoms with Gasteiger partial charge in [0.2, 0.25) is 0 Å². The monoisotopic (exact) mass is 365 g/mol. The van der Waals surface area contributed by atoms with Crippen molar-refractivity contribution >= 4 is 12.1 Å². The average molecular weight is 365 g/mol. The lowest BCUT2D eigenvalue weighted by atomic mass is 9.98. The van der Waals surface area contributed by atoms with Crippen molar-refractivity contribution in [1.82, 2.24) is 4.90 Å². The zero-order chi connectivity index (χ0) is 18.8. The van der Waals surface area contributed by atoms with Gasteiger partial charge in [0.15, 0.2) is 0 Å². The molecule has 1 atom stereocenters. The first-order valence-electron chi connectivity index (χ1n) is 9.45. The molecule has 1 fully saturated rings. The number of carbonyl (C=O) groups is 2. The van der Waals surface area contributed by atoms with Crippen LogP contribution in [-0.2, 0) is 9.53 Å². The highest BCUT2D eigenvalue weighted by molar-refractivity contribution is 5.79. The maximum atomic E-state index is 12.5. The van der Waals surface area contributed by atoms with Crippen molar-refractivity contribution in [1.29, 1.82) is 0 Å². The highest BCUT2D eigenvalue weighted by atomic mass is 16.6. The van der Waals surface area contributed by atoms with Crippen molar-refractivity contribution in [2.45, 2.75) is 25.2 Å². The molecular weight excluding hydrogens is 342 g/mol. The Morgan fingerprint density at radius 3 is 2.30 bits per heavy atom. The summed E-state index contributed by atoms with van der Waals surface area (Å²) in [6, 6.07) is 16.5. The van der Waals surface area contributed by atoms with Crippen LogP contribution in [0.4, 0.5) is 4.79 Å². The second kappa shape index (κ2) is 7.43. The van der Waals surface area contributed by atoms with E-state index >= 15 is 0 Å². The summed E-state index contributed by atoms with van der Waals surface area (Å²) >= 11 is 0. The summed E-state index contributed by atoms with van der Waals surface area (Å²) in [5.41, 5.74) is 4.83. The van der Waals surface area contributed by atoms with Gasteiger partial charge in [-0.2, -0.15) is 0 Å². The highest BCUT2D eigenvalue weighted by Gasteiger charge is 2.31. The topological polar surface area (TPSA) is 66.8 Å². The second-order valence-corrected chi connectivity index (χ2v) is 7.34. The number of carbonyl (C=O) groups excluding carboxylic acids is 1. The Labute approximate surface area is 158 Å². The first-order chi connectivity index (χ1) is 13.1. The van der Waals surface area contributed by atoms with E-state index in [2.05, 4.69) is 24.3 Å². The third kappa shape index (κ3) is 3.54. The largest absolute Gasteiger partial charge is 0.481 e. The first kappa shape index (κ1) is 17.6. The molecule has 0 saturated carbocycles. The molecule has 0 bridgehead atoms. The van der Waals surface area contributed by atoms with Crippen LogP contribution in [-0.4, -0.2) is 41.8 Å². The summed E-state index contributed by atoms with van der Waals surface area (Å²) < 4.78 is 5.67. The lowest BCUT2D eigenvalue weighted by Crippen LogP contribution is -2.30. The fraction of sp³-hybridized carbons (Fsp3) is 0.364. The number of ether oxygens (including phenoxy) is 1. The summed E-state index contributed by atoms with van der Waals surface area (Å²) in [5.74, 6) is -0.470.